The van der Waals surface area contributed by atoms with Gasteiger partial charge in [-0.15, -0.1) is 0 Å². The monoisotopic (exact) mass is 439 g/mol. The first kappa shape index (κ1) is 21.3. The second kappa shape index (κ2) is 8.66. The van der Waals surface area contributed by atoms with Crippen molar-refractivity contribution in [1.82, 2.24) is 9.62 Å². The van der Waals surface area contributed by atoms with Crippen LogP contribution in [0.3, 0.4) is 0 Å². The summed E-state index contributed by atoms with van der Waals surface area (Å²) in [6.45, 7) is 1.36. The second-order valence-electron chi connectivity index (χ2n) is 7.62. The molecular weight excluding hydrogens is 414 g/mol. The smallest absolute Gasteiger partial charge is 0.241 e. The van der Waals surface area contributed by atoms with Crippen molar-refractivity contribution in [3.63, 3.8) is 0 Å². The SMILES string of the molecule is COc1ccc2ccc(S(=O)(=O)N[C@H]3CCN(Cc4cccc(CN)c4)C3=O)cc2c1. The Morgan fingerprint density at radius 3 is 2.61 bits per heavy atom. The number of hydrogen-bond acceptors (Lipinski definition) is 5. The van der Waals surface area contributed by atoms with E-state index in [-0.39, 0.29) is 10.8 Å². The summed E-state index contributed by atoms with van der Waals surface area (Å²) >= 11 is 0. The number of sulfonamides is 1. The van der Waals surface area contributed by atoms with E-state index in [2.05, 4.69) is 4.72 Å². The molecule has 1 aliphatic rings. The van der Waals surface area contributed by atoms with E-state index < -0.39 is 16.1 Å². The fourth-order valence-corrected chi connectivity index (χ4v) is 5.09. The van der Waals surface area contributed by atoms with Gasteiger partial charge in [0.15, 0.2) is 0 Å². The molecule has 1 heterocycles. The van der Waals surface area contributed by atoms with Crippen LogP contribution in [0.5, 0.6) is 5.75 Å². The largest absolute Gasteiger partial charge is 0.497 e. The number of amides is 1. The van der Waals surface area contributed by atoms with Gasteiger partial charge in [-0.25, -0.2) is 8.42 Å². The highest BCUT2D eigenvalue weighted by molar-refractivity contribution is 7.89. The Labute approximate surface area is 181 Å². The predicted octanol–water partition coefficient (Wildman–Crippen LogP) is 2.39. The van der Waals surface area contributed by atoms with Crippen LogP contribution in [-0.4, -0.2) is 38.9 Å². The fourth-order valence-electron chi connectivity index (χ4n) is 3.83. The third-order valence-corrected chi connectivity index (χ3v) is 6.99. The van der Waals surface area contributed by atoms with E-state index in [1.165, 1.54) is 0 Å². The number of nitrogens with two attached hydrogens (primary N) is 1. The molecule has 4 rings (SSSR count). The highest BCUT2D eigenvalue weighted by atomic mass is 32.2. The number of rotatable bonds is 7. The van der Waals surface area contributed by atoms with Gasteiger partial charge in [0.05, 0.1) is 12.0 Å². The molecule has 31 heavy (non-hydrogen) atoms. The van der Waals surface area contributed by atoms with Crippen LogP contribution in [0.15, 0.2) is 65.6 Å². The molecule has 0 bridgehead atoms. The van der Waals surface area contributed by atoms with Gasteiger partial charge in [-0.1, -0.05) is 36.4 Å². The fraction of sp³-hybridized carbons (Fsp3) is 0.261. The van der Waals surface area contributed by atoms with Crippen molar-refractivity contribution in [2.75, 3.05) is 13.7 Å². The number of fused-ring (bicyclic) bond motifs is 1. The van der Waals surface area contributed by atoms with E-state index in [0.29, 0.717) is 31.8 Å². The summed E-state index contributed by atoms with van der Waals surface area (Å²) in [6, 6.07) is 17.3. The quantitative estimate of drug-likeness (QED) is 0.589. The maximum Gasteiger partial charge on any atom is 0.241 e. The van der Waals surface area contributed by atoms with Crippen molar-refractivity contribution in [3.05, 3.63) is 71.8 Å². The van der Waals surface area contributed by atoms with Crippen LogP contribution in [0.2, 0.25) is 0 Å². The molecule has 1 saturated heterocycles. The first-order valence-corrected chi connectivity index (χ1v) is 11.5. The van der Waals surface area contributed by atoms with Crippen LogP contribution in [-0.2, 0) is 27.9 Å². The molecule has 8 heteroatoms. The van der Waals surface area contributed by atoms with Crippen molar-refractivity contribution >= 4 is 26.7 Å². The minimum absolute atomic E-state index is 0.121. The third kappa shape index (κ3) is 4.56. The maximum absolute atomic E-state index is 13.0. The molecule has 0 aliphatic carbocycles. The molecule has 1 atom stereocenters. The third-order valence-electron chi connectivity index (χ3n) is 5.52. The molecule has 0 radical (unpaired) electrons. The first-order chi connectivity index (χ1) is 14.9. The number of carbonyl (C=O) groups is 1. The summed E-state index contributed by atoms with van der Waals surface area (Å²) < 4.78 is 33.7. The lowest BCUT2D eigenvalue weighted by molar-refractivity contribution is -0.129. The number of benzene rings is 3. The number of methoxy groups -OCH3 is 1. The van der Waals surface area contributed by atoms with Crippen LogP contribution >= 0.6 is 0 Å². The Hall–Kier alpha value is -2.94. The van der Waals surface area contributed by atoms with Crippen LogP contribution < -0.4 is 15.2 Å². The van der Waals surface area contributed by atoms with Gasteiger partial charge in [0.2, 0.25) is 15.9 Å². The molecular formula is C23H25N3O4S. The molecule has 7 nitrogen and oxygen atoms in total. The number of hydrogen-bond donors (Lipinski definition) is 2. The van der Waals surface area contributed by atoms with E-state index in [1.807, 2.05) is 36.4 Å². The van der Waals surface area contributed by atoms with Crippen LogP contribution in [0.4, 0.5) is 0 Å². The second-order valence-corrected chi connectivity index (χ2v) is 9.34. The summed E-state index contributed by atoms with van der Waals surface area (Å²) in [4.78, 5) is 14.6. The summed E-state index contributed by atoms with van der Waals surface area (Å²) in [7, 11) is -2.29. The van der Waals surface area contributed by atoms with Crippen molar-refractivity contribution in [2.45, 2.75) is 30.4 Å². The first-order valence-electron chi connectivity index (χ1n) is 10.1. The number of ether oxygens (including phenoxy) is 1. The van der Waals surface area contributed by atoms with Crippen molar-refractivity contribution in [2.24, 2.45) is 5.73 Å². The van der Waals surface area contributed by atoms with E-state index in [4.69, 9.17) is 10.5 Å². The Balaban J connectivity index is 1.49. The van der Waals surface area contributed by atoms with Crippen LogP contribution in [0.1, 0.15) is 17.5 Å². The maximum atomic E-state index is 13.0. The molecule has 1 fully saturated rings. The molecule has 1 amide bonds. The van der Waals surface area contributed by atoms with Gasteiger partial charge in [-0.3, -0.25) is 4.79 Å². The minimum Gasteiger partial charge on any atom is -0.497 e. The zero-order valence-electron chi connectivity index (χ0n) is 17.2. The normalized spacial score (nSPS) is 16.8. The topological polar surface area (TPSA) is 102 Å². The molecule has 1 aliphatic heterocycles. The van der Waals surface area contributed by atoms with E-state index in [0.717, 1.165) is 21.9 Å². The van der Waals surface area contributed by atoms with E-state index >= 15 is 0 Å². The molecule has 0 aromatic heterocycles. The number of carbonyl (C=O) groups excluding carboxylic acids is 1. The number of nitrogens with zero attached hydrogens (tertiary/aromatic N) is 1. The Morgan fingerprint density at radius 2 is 1.84 bits per heavy atom. The molecule has 0 saturated carbocycles. The number of likely N-dealkylation sites (tertiary alicyclic amines) is 1. The Morgan fingerprint density at radius 1 is 1.06 bits per heavy atom. The molecule has 162 valence electrons. The lowest BCUT2D eigenvalue weighted by atomic mass is 10.1. The lowest BCUT2D eigenvalue weighted by Crippen LogP contribution is -2.41. The van der Waals surface area contributed by atoms with Crippen molar-refractivity contribution in [1.29, 1.82) is 0 Å². The minimum atomic E-state index is -3.85. The molecule has 0 spiro atoms. The van der Waals surface area contributed by atoms with Gasteiger partial charge in [0, 0.05) is 19.6 Å². The van der Waals surface area contributed by atoms with Gasteiger partial charge in [-0.05, 0) is 52.6 Å². The highest BCUT2D eigenvalue weighted by Gasteiger charge is 2.35. The van der Waals surface area contributed by atoms with Gasteiger partial charge < -0.3 is 15.4 Å². The van der Waals surface area contributed by atoms with Crippen molar-refractivity contribution < 1.29 is 17.9 Å². The Kier molecular flexibility index (Phi) is 5.95. The van der Waals surface area contributed by atoms with E-state index in [1.54, 1.807) is 36.3 Å². The molecule has 3 N–H and O–H groups in total. The van der Waals surface area contributed by atoms with Gasteiger partial charge in [-0.2, -0.15) is 4.72 Å². The van der Waals surface area contributed by atoms with Gasteiger partial charge >= 0.3 is 0 Å². The summed E-state index contributed by atoms with van der Waals surface area (Å²) in [5.41, 5.74) is 7.66. The van der Waals surface area contributed by atoms with Crippen molar-refractivity contribution in [3.8, 4) is 5.75 Å². The molecule has 3 aromatic rings. The standard InChI is InChI=1S/C23H25N3O4S/c1-30-20-7-5-18-6-8-21(13-19(18)12-20)31(28,29)25-22-9-10-26(23(22)27)15-17-4-2-3-16(11-17)14-24/h2-8,11-13,22,25H,9-10,14-15,24H2,1H3/t22-/m0/s1. The average Bonchev–Trinajstić information content (AvgIpc) is 3.11. The summed E-state index contributed by atoms with van der Waals surface area (Å²) in [6.07, 6.45) is 0.427. The Bertz CT molecular complexity index is 1230. The molecule has 3 aromatic carbocycles. The number of nitrogens with one attached hydrogen (secondary N) is 1. The van der Waals surface area contributed by atoms with Gasteiger partial charge in [0.25, 0.3) is 0 Å². The van der Waals surface area contributed by atoms with Crippen LogP contribution in [0, 0.1) is 0 Å². The highest BCUT2D eigenvalue weighted by Crippen LogP contribution is 2.25. The van der Waals surface area contributed by atoms with Gasteiger partial charge in [0.1, 0.15) is 11.8 Å². The lowest BCUT2D eigenvalue weighted by Gasteiger charge is -2.18. The zero-order chi connectivity index (χ0) is 22.0. The van der Waals surface area contributed by atoms with Crippen LogP contribution in [0.25, 0.3) is 10.8 Å². The summed E-state index contributed by atoms with van der Waals surface area (Å²) in [5, 5.41) is 1.66. The average molecular weight is 440 g/mol. The summed E-state index contributed by atoms with van der Waals surface area (Å²) in [5.74, 6) is 0.430. The molecule has 0 unspecified atom stereocenters. The van der Waals surface area contributed by atoms with E-state index in [9.17, 15) is 13.2 Å². The zero-order valence-corrected chi connectivity index (χ0v) is 18.1. The predicted molar refractivity (Wildman–Crippen MR) is 119 cm³/mol.